The monoisotopic (exact) mass is 443 g/mol. The number of hydrogen-bond donors (Lipinski definition) is 0. The number of fused-ring (bicyclic) bond motifs is 1. The van der Waals surface area contributed by atoms with Crippen molar-refractivity contribution in [1.82, 2.24) is 14.3 Å². The standard InChI is InChI=1S/C22H29N5O3S/c1-15(2)22-23-16(3)13-21(24-22)25-9-11-26(12-10-25)31(29,30)19-5-6-20-18(14-19)7-8-27(20)17(4)28/h5-6,13-15H,7-12H2,1-4H3. The number of carbonyl (C=O) groups is 1. The fourth-order valence-corrected chi connectivity index (χ4v) is 5.64. The van der Waals surface area contributed by atoms with Crippen molar-refractivity contribution in [2.75, 3.05) is 42.5 Å². The van der Waals surface area contributed by atoms with E-state index in [2.05, 4.69) is 28.7 Å². The predicted molar refractivity (Wildman–Crippen MR) is 120 cm³/mol. The molecule has 1 fully saturated rings. The molecule has 2 aliphatic heterocycles. The Kier molecular flexibility index (Phi) is 5.74. The summed E-state index contributed by atoms with van der Waals surface area (Å²) in [6.45, 7) is 10.2. The molecule has 0 atom stereocenters. The van der Waals surface area contributed by atoms with Gasteiger partial charge in [0.05, 0.1) is 4.90 Å². The Morgan fingerprint density at radius 1 is 1.03 bits per heavy atom. The average molecular weight is 444 g/mol. The van der Waals surface area contributed by atoms with E-state index in [0.29, 0.717) is 44.0 Å². The Balaban J connectivity index is 1.50. The van der Waals surface area contributed by atoms with Gasteiger partial charge in [0.15, 0.2) is 0 Å². The highest BCUT2D eigenvalue weighted by atomic mass is 32.2. The summed E-state index contributed by atoms with van der Waals surface area (Å²) >= 11 is 0. The maximum atomic E-state index is 13.2. The summed E-state index contributed by atoms with van der Waals surface area (Å²) in [5.74, 6) is 1.88. The second-order valence-electron chi connectivity index (χ2n) is 8.48. The highest BCUT2D eigenvalue weighted by Crippen LogP contribution is 2.31. The van der Waals surface area contributed by atoms with Crippen LogP contribution in [0.2, 0.25) is 0 Å². The summed E-state index contributed by atoms with van der Waals surface area (Å²) in [6.07, 6.45) is 0.678. The Hall–Kier alpha value is -2.52. The van der Waals surface area contributed by atoms with Crippen molar-refractivity contribution in [1.29, 1.82) is 0 Å². The highest BCUT2D eigenvalue weighted by Gasteiger charge is 2.31. The van der Waals surface area contributed by atoms with E-state index in [1.165, 1.54) is 6.92 Å². The maximum absolute atomic E-state index is 13.2. The van der Waals surface area contributed by atoms with Gasteiger partial charge >= 0.3 is 0 Å². The van der Waals surface area contributed by atoms with E-state index in [9.17, 15) is 13.2 Å². The van der Waals surface area contributed by atoms with E-state index in [-0.39, 0.29) is 11.8 Å². The van der Waals surface area contributed by atoms with Crippen LogP contribution in [0.5, 0.6) is 0 Å². The Bertz CT molecular complexity index is 1110. The molecule has 1 saturated heterocycles. The molecule has 1 aromatic carbocycles. The van der Waals surface area contributed by atoms with Gasteiger partial charge in [-0.15, -0.1) is 0 Å². The van der Waals surface area contributed by atoms with Crippen molar-refractivity contribution in [3.63, 3.8) is 0 Å². The SMILES string of the molecule is CC(=O)N1CCc2cc(S(=O)(=O)N3CCN(c4cc(C)nc(C(C)C)n4)CC3)ccc21. The number of carbonyl (C=O) groups excluding carboxylic acids is 1. The van der Waals surface area contributed by atoms with E-state index in [1.54, 1.807) is 27.4 Å². The van der Waals surface area contributed by atoms with E-state index >= 15 is 0 Å². The van der Waals surface area contributed by atoms with Crippen LogP contribution in [0.1, 0.15) is 43.8 Å². The molecule has 0 spiro atoms. The quantitative estimate of drug-likeness (QED) is 0.721. The molecule has 0 unspecified atom stereocenters. The molecule has 3 heterocycles. The largest absolute Gasteiger partial charge is 0.354 e. The molecule has 2 aliphatic rings. The first-order valence-electron chi connectivity index (χ1n) is 10.7. The zero-order valence-corrected chi connectivity index (χ0v) is 19.3. The van der Waals surface area contributed by atoms with Gasteiger partial charge in [-0.1, -0.05) is 13.8 Å². The normalized spacial score (nSPS) is 17.3. The molecule has 0 aliphatic carbocycles. The Labute approximate surface area is 183 Å². The fraction of sp³-hybridized carbons (Fsp3) is 0.500. The number of aryl methyl sites for hydroxylation is 1. The van der Waals surface area contributed by atoms with Gasteiger partial charge < -0.3 is 9.80 Å². The molecular formula is C22H29N5O3S. The van der Waals surface area contributed by atoms with Gasteiger partial charge in [-0.25, -0.2) is 18.4 Å². The third-order valence-electron chi connectivity index (χ3n) is 5.90. The zero-order valence-electron chi connectivity index (χ0n) is 18.5. The number of hydrogen-bond acceptors (Lipinski definition) is 6. The van der Waals surface area contributed by atoms with Crippen LogP contribution in [0.3, 0.4) is 0 Å². The summed E-state index contributed by atoms with van der Waals surface area (Å²) in [5, 5.41) is 0. The van der Waals surface area contributed by atoms with Crippen LogP contribution in [0.25, 0.3) is 0 Å². The molecule has 31 heavy (non-hydrogen) atoms. The summed E-state index contributed by atoms with van der Waals surface area (Å²) < 4.78 is 28.0. The minimum Gasteiger partial charge on any atom is -0.354 e. The van der Waals surface area contributed by atoms with Crippen molar-refractivity contribution in [2.45, 2.75) is 44.9 Å². The lowest BCUT2D eigenvalue weighted by Gasteiger charge is -2.35. The van der Waals surface area contributed by atoms with Crippen LogP contribution in [0.15, 0.2) is 29.2 Å². The minimum atomic E-state index is -3.59. The molecule has 166 valence electrons. The maximum Gasteiger partial charge on any atom is 0.243 e. The average Bonchev–Trinajstić information content (AvgIpc) is 3.17. The van der Waals surface area contributed by atoms with Crippen LogP contribution >= 0.6 is 0 Å². The van der Waals surface area contributed by atoms with Gasteiger partial charge in [0.25, 0.3) is 0 Å². The van der Waals surface area contributed by atoms with Crippen molar-refractivity contribution in [3.8, 4) is 0 Å². The van der Waals surface area contributed by atoms with Gasteiger partial charge in [-0.2, -0.15) is 4.31 Å². The van der Waals surface area contributed by atoms with Gasteiger partial charge in [0.2, 0.25) is 15.9 Å². The van der Waals surface area contributed by atoms with E-state index in [1.807, 2.05) is 13.0 Å². The Morgan fingerprint density at radius 2 is 1.74 bits per heavy atom. The molecule has 0 N–H and O–H groups in total. The van der Waals surface area contributed by atoms with E-state index < -0.39 is 10.0 Å². The molecule has 0 saturated carbocycles. The molecule has 0 radical (unpaired) electrons. The van der Waals surface area contributed by atoms with Crippen LogP contribution in [0.4, 0.5) is 11.5 Å². The molecule has 1 amide bonds. The topological polar surface area (TPSA) is 86.7 Å². The number of anilines is 2. The van der Waals surface area contributed by atoms with Crippen molar-refractivity contribution in [2.24, 2.45) is 0 Å². The first-order chi connectivity index (χ1) is 14.7. The van der Waals surface area contributed by atoms with E-state index in [4.69, 9.17) is 0 Å². The van der Waals surface area contributed by atoms with Crippen LogP contribution < -0.4 is 9.80 Å². The smallest absolute Gasteiger partial charge is 0.243 e. The minimum absolute atomic E-state index is 0.0222. The number of piperazine rings is 1. The third kappa shape index (κ3) is 4.16. The number of sulfonamides is 1. The molecule has 4 rings (SSSR count). The first kappa shape index (κ1) is 21.7. The molecule has 0 bridgehead atoms. The lowest BCUT2D eigenvalue weighted by Crippen LogP contribution is -2.49. The van der Waals surface area contributed by atoms with Crippen LogP contribution in [-0.4, -0.2) is 61.3 Å². The summed E-state index contributed by atoms with van der Waals surface area (Å²) in [5.41, 5.74) is 2.64. The molecular weight excluding hydrogens is 414 g/mol. The number of rotatable bonds is 4. The summed E-state index contributed by atoms with van der Waals surface area (Å²) in [7, 11) is -3.59. The third-order valence-corrected chi connectivity index (χ3v) is 7.80. The van der Waals surface area contributed by atoms with Gasteiger partial charge in [-0.05, 0) is 37.1 Å². The van der Waals surface area contributed by atoms with Crippen molar-refractivity contribution < 1.29 is 13.2 Å². The summed E-state index contributed by atoms with van der Waals surface area (Å²) in [4.78, 5) is 25.0. The Morgan fingerprint density at radius 3 is 2.39 bits per heavy atom. The number of amides is 1. The van der Waals surface area contributed by atoms with Crippen LogP contribution in [0, 0.1) is 6.92 Å². The number of benzene rings is 1. The van der Waals surface area contributed by atoms with Gasteiger partial charge in [0.1, 0.15) is 11.6 Å². The summed E-state index contributed by atoms with van der Waals surface area (Å²) in [6, 6.07) is 7.05. The predicted octanol–water partition coefficient (Wildman–Crippen LogP) is 2.33. The van der Waals surface area contributed by atoms with Crippen molar-refractivity contribution >= 4 is 27.4 Å². The molecule has 1 aromatic heterocycles. The van der Waals surface area contributed by atoms with Crippen LogP contribution in [-0.2, 0) is 21.2 Å². The fourth-order valence-electron chi connectivity index (χ4n) is 4.17. The lowest BCUT2D eigenvalue weighted by molar-refractivity contribution is -0.116. The van der Waals surface area contributed by atoms with Gasteiger partial charge in [-0.3, -0.25) is 4.79 Å². The molecule has 2 aromatic rings. The lowest BCUT2D eigenvalue weighted by atomic mass is 10.2. The van der Waals surface area contributed by atoms with E-state index in [0.717, 1.165) is 28.6 Å². The molecule has 8 nitrogen and oxygen atoms in total. The second-order valence-corrected chi connectivity index (χ2v) is 10.4. The number of nitrogens with zero attached hydrogens (tertiary/aromatic N) is 5. The first-order valence-corrected chi connectivity index (χ1v) is 12.1. The van der Waals surface area contributed by atoms with Crippen molar-refractivity contribution in [3.05, 3.63) is 41.3 Å². The highest BCUT2D eigenvalue weighted by molar-refractivity contribution is 7.89. The van der Waals surface area contributed by atoms with Gasteiger partial charge in [0, 0.05) is 63.0 Å². The zero-order chi connectivity index (χ0) is 22.3. The molecule has 9 heteroatoms. The second kappa shape index (κ2) is 8.20. The number of aromatic nitrogens is 2.